The smallest absolute Gasteiger partial charge is 1.00 e. The van der Waals surface area contributed by atoms with E-state index in [1.807, 2.05) is 0 Å². The fourth-order valence-electron chi connectivity index (χ4n) is 9.55. The fourth-order valence-corrected chi connectivity index (χ4v) is 17.4. The monoisotopic (exact) mass is 758 g/mol. The number of unbranched alkanes of at least 4 members (excludes halogenated alkanes) is 2. The van der Waals surface area contributed by atoms with Crippen LogP contribution in [0.2, 0.25) is 6.55 Å². The van der Waals surface area contributed by atoms with Crippen molar-refractivity contribution in [3.05, 3.63) is 118 Å². The van der Waals surface area contributed by atoms with Gasteiger partial charge >= 0.3 is 289 Å². The van der Waals surface area contributed by atoms with Gasteiger partial charge in [-0.25, -0.2) is 0 Å². The third-order valence-corrected chi connectivity index (χ3v) is 17.9. The SMILES string of the molecule is CCCCCC(OC(C)(C)C)[Si](C)(C1c2ccccc2-c2ccccc21)C1c2[c]([Zr+2])cccc2C2C1c1cc(C)ccc1N2C.[Cl-].[Cl-]. The van der Waals surface area contributed by atoms with Crippen LogP contribution in [0.3, 0.4) is 0 Å². The molecular weight excluding hydrogens is 713 g/mol. The Morgan fingerprint density at radius 3 is 2.06 bits per heavy atom. The van der Waals surface area contributed by atoms with E-state index >= 15 is 0 Å². The number of hydrogen-bond acceptors (Lipinski definition) is 2. The van der Waals surface area contributed by atoms with Crippen LogP contribution in [0.1, 0.15) is 110 Å². The van der Waals surface area contributed by atoms with E-state index in [0.29, 0.717) is 23.0 Å². The van der Waals surface area contributed by atoms with E-state index in [4.69, 9.17) is 4.74 Å². The molecule has 4 aromatic rings. The largest absolute Gasteiger partial charge is 1.00 e. The quantitative estimate of drug-likeness (QED) is 0.200. The van der Waals surface area contributed by atoms with Gasteiger partial charge in [-0.1, -0.05) is 0 Å². The second kappa shape index (κ2) is 13.9. The summed E-state index contributed by atoms with van der Waals surface area (Å²) in [6, 6.07) is 33.5. The molecular formula is C41H48Cl2NOSiZr. The Morgan fingerprint density at radius 2 is 1.45 bits per heavy atom. The molecule has 47 heavy (non-hydrogen) atoms. The minimum atomic E-state index is -2.49. The van der Waals surface area contributed by atoms with Gasteiger partial charge in [0.25, 0.3) is 0 Å². The molecule has 5 unspecified atom stereocenters. The maximum atomic E-state index is 7.50. The number of rotatable bonds is 8. The predicted molar refractivity (Wildman–Crippen MR) is 188 cm³/mol. The van der Waals surface area contributed by atoms with Crippen LogP contribution >= 0.6 is 0 Å². The summed E-state index contributed by atoms with van der Waals surface area (Å²) >= 11 is 1.52. The van der Waals surface area contributed by atoms with E-state index in [1.54, 1.807) is 20.0 Å². The molecule has 4 aromatic carbocycles. The second-order valence-electron chi connectivity index (χ2n) is 15.1. The topological polar surface area (TPSA) is 12.5 Å². The Bertz CT molecular complexity index is 1710. The van der Waals surface area contributed by atoms with Crippen LogP contribution in [0.25, 0.3) is 11.1 Å². The molecule has 7 rings (SSSR count). The van der Waals surface area contributed by atoms with Crippen molar-refractivity contribution < 1.29 is 54.3 Å². The fraction of sp³-hybridized carbons (Fsp3) is 0.415. The molecule has 0 saturated heterocycles. The zero-order chi connectivity index (χ0) is 31.7. The molecule has 2 nitrogen and oxygen atoms in total. The minimum Gasteiger partial charge on any atom is -1.00 e. The summed E-state index contributed by atoms with van der Waals surface area (Å²) in [5.74, 6) is 0.426. The number of benzene rings is 4. The van der Waals surface area contributed by atoms with Gasteiger partial charge < -0.3 is 24.8 Å². The van der Waals surface area contributed by atoms with E-state index in [1.165, 1.54) is 77.5 Å². The van der Waals surface area contributed by atoms with Gasteiger partial charge in [-0.15, -0.1) is 0 Å². The molecule has 0 radical (unpaired) electrons. The Balaban J connectivity index is 0.00000217. The molecule has 0 aromatic heterocycles. The van der Waals surface area contributed by atoms with Gasteiger partial charge in [0.2, 0.25) is 0 Å². The third-order valence-electron chi connectivity index (χ3n) is 11.2. The van der Waals surface area contributed by atoms with Gasteiger partial charge in [0.1, 0.15) is 0 Å². The van der Waals surface area contributed by atoms with Gasteiger partial charge in [-0.05, 0) is 0 Å². The average Bonchev–Trinajstić information content (AvgIpc) is 3.63. The van der Waals surface area contributed by atoms with E-state index < -0.39 is 8.07 Å². The molecule has 6 heteroatoms. The third kappa shape index (κ3) is 5.97. The van der Waals surface area contributed by atoms with Crippen molar-refractivity contribution in [1.29, 1.82) is 0 Å². The molecule has 245 valence electrons. The first-order valence-electron chi connectivity index (χ1n) is 17.1. The number of nitrogens with zero attached hydrogens (tertiary/aromatic N) is 1. The van der Waals surface area contributed by atoms with Crippen molar-refractivity contribution in [3.63, 3.8) is 0 Å². The van der Waals surface area contributed by atoms with Crippen LogP contribution < -0.4 is 33.0 Å². The number of ether oxygens (including phenoxy) is 1. The Hall–Kier alpha value is -1.68. The number of fused-ring (bicyclic) bond motifs is 8. The summed E-state index contributed by atoms with van der Waals surface area (Å²) in [6.07, 6.45) is 4.84. The van der Waals surface area contributed by atoms with E-state index in [2.05, 4.69) is 138 Å². The van der Waals surface area contributed by atoms with E-state index in [-0.39, 0.29) is 36.1 Å². The normalized spacial score (nSPS) is 21.0. The van der Waals surface area contributed by atoms with Crippen molar-refractivity contribution in [2.45, 2.75) is 101 Å². The number of aryl methyl sites for hydroxylation is 1. The minimum absolute atomic E-state index is 0. The Kier molecular flexibility index (Phi) is 10.8. The van der Waals surface area contributed by atoms with Crippen LogP contribution in [0.5, 0.6) is 0 Å². The first-order valence-corrected chi connectivity index (χ1v) is 21.1. The summed E-state index contributed by atoms with van der Waals surface area (Å²) in [6.45, 7) is 14.2. The van der Waals surface area contributed by atoms with Crippen molar-refractivity contribution >= 4 is 17.0 Å². The summed E-state index contributed by atoms with van der Waals surface area (Å²) in [4.78, 5) is 2.62. The van der Waals surface area contributed by atoms with Crippen LogP contribution in [0.15, 0.2) is 84.9 Å². The maximum absolute atomic E-state index is 7.50. The van der Waals surface area contributed by atoms with Crippen molar-refractivity contribution in [2.75, 3.05) is 11.9 Å². The summed E-state index contributed by atoms with van der Waals surface area (Å²) < 4.78 is 9.05. The summed E-state index contributed by atoms with van der Waals surface area (Å²) in [5, 5.41) is 0. The number of halogens is 2. The Labute approximate surface area is 311 Å². The first kappa shape index (κ1) is 36.6. The van der Waals surface area contributed by atoms with Crippen molar-refractivity contribution in [1.82, 2.24) is 0 Å². The number of hydrogen-bond donors (Lipinski definition) is 0. The van der Waals surface area contributed by atoms with Crippen LogP contribution in [-0.4, -0.2) is 26.4 Å². The van der Waals surface area contributed by atoms with Gasteiger partial charge in [0.15, 0.2) is 0 Å². The van der Waals surface area contributed by atoms with Crippen molar-refractivity contribution in [3.8, 4) is 11.1 Å². The van der Waals surface area contributed by atoms with Gasteiger partial charge in [-0.3, -0.25) is 0 Å². The molecule has 3 aliphatic rings. The molecule has 0 fully saturated rings. The van der Waals surface area contributed by atoms with Gasteiger partial charge in [0, 0.05) is 0 Å². The van der Waals surface area contributed by atoms with E-state index in [0.717, 1.165) is 6.42 Å². The van der Waals surface area contributed by atoms with Gasteiger partial charge in [-0.2, -0.15) is 0 Å². The van der Waals surface area contributed by atoms with Crippen LogP contribution in [-0.2, 0) is 29.5 Å². The van der Waals surface area contributed by atoms with Crippen molar-refractivity contribution in [2.24, 2.45) is 0 Å². The molecule has 1 heterocycles. The molecule has 0 amide bonds. The zero-order valence-electron chi connectivity index (χ0n) is 28.9. The molecule has 0 spiro atoms. The molecule has 0 bridgehead atoms. The second-order valence-corrected chi connectivity index (χ2v) is 21.0. The van der Waals surface area contributed by atoms with E-state index in [9.17, 15) is 0 Å². The number of anilines is 1. The Morgan fingerprint density at radius 1 is 0.830 bits per heavy atom. The predicted octanol–water partition coefficient (Wildman–Crippen LogP) is 3.82. The average molecular weight is 761 g/mol. The molecule has 5 atom stereocenters. The molecule has 0 saturated carbocycles. The maximum Gasteiger partial charge on any atom is -1.00 e. The molecule has 1 aliphatic heterocycles. The number of likely N-dealkylation sites (N-methyl/N-ethyl adjacent to an activating group) is 1. The zero-order valence-corrected chi connectivity index (χ0v) is 33.9. The van der Waals surface area contributed by atoms with Crippen LogP contribution in [0.4, 0.5) is 5.69 Å². The van der Waals surface area contributed by atoms with Gasteiger partial charge in [0.05, 0.1) is 0 Å². The van der Waals surface area contributed by atoms with Crippen LogP contribution in [0, 0.1) is 6.92 Å². The standard InChI is InChI=1S/C41H48NOSi.2ClH.Zr/c1-8-9-10-23-36(43-41(3,4)5)44(7,39-31-20-14-11-17-28(31)29-18-12-15-21-32(29)39)40-33-22-16-13-19-30(33)38-37(40)34-26-27(2)24-25-35(34)42(38)6;;;/h11-21,24-26,36-40H,8-10,23H2,1-7H3;2*1H;/q;;;+2/p-2. The summed E-state index contributed by atoms with van der Waals surface area (Å²) in [7, 11) is -0.142. The first-order chi connectivity index (χ1) is 21.6. The molecule has 2 aliphatic carbocycles. The molecule has 0 N–H and O–H groups in total. The summed E-state index contributed by atoms with van der Waals surface area (Å²) in [5.41, 5.74) is 14.3.